The average molecular weight is 316 g/mol. The number of halogens is 1. The maximum atomic E-state index is 6.50. The summed E-state index contributed by atoms with van der Waals surface area (Å²) >= 11 is 3.47. The Bertz CT molecular complexity index is 549. The second kappa shape index (κ2) is 5.10. The van der Waals surface area contributed by atoms with Gasteiger partial charge in [-0.25, -0.2) is 0 Å². The predicted octanol–water partition coefficient (Wildman–Crippen LogP) is 4.27. The van der Waals surface area contributed by atoms with Crippen LogP contribution in [0.2, 0.25) is 0 Å². The molecule has 19 heavy (non-hydrogen) atoms. The largest absolute Gasteiger partial charge is 0.325 e. The van der Waals surface area contributed by atoms with E-state index >= 15 is 0 Å². The summed E-state index contributed by atoms with van der Waals surface area (Å²) in [5.41, 5.74) is 9.26. The molecular formula is C17H18BrN. The normalized spacial score (nSPS) is 25.3. The summed E-state index contributed by atoms with van der Waals surface area (Å²) in [6, 6.07) is 19.2. The fourth-order valence-corrected chi connectivity index (χ4v) is 3.03. The third-order valence-corrected chi connectivity index (χ3v) is 4.64. The minimum absolute atomic E-state index is 0.00364. The van der Waals surface area contributed by atoms with Crippen molar-refractivity contribution >= 4 is 15.9 Å². The van der Waals surface area contributed by atoms with Crippen molar-refractivity contribution in [2.75, 3.05) is 0 Å². The Morgan fingerprint density at radius 2 is 1.74 bits per heavy atom. The van der Waals surface area contributed by atoms with E-state index in [0.717, 1.165) is 23.7 Å². The van der Waals surface area contributed by atoms with E-state index in [-0.39, 0.29) is 5.54 Å². The zero-order valence-electron chi connectivity index (χ0n) is 10.9. The molecule has 0 spiro atoms. The lowest BCUT2D eigenvalue weighted by Gasteiger charge is -2.12. The number of rotatable bonds is 4. The highest BCUT2D eigenvalue weighted by atomic mass is 79.9. The highest BCUT2D eigenvalue weighted by Crippen LogP contribution is 2.52. The molecular weight excluding hydrogens is 298 g/mol. The monoisotopic (exact) mass is 315 g/mol. The highest BCUT2D eigenvalue weighted by molar-refractivity contribution is 9.10. The quantitative estimate of drug-likeness (QED) is 0.896. The van der Waals surface area contributed by atoms with Crippen molar-refractivity contribution < 1.29 is 0 Å². The van der Waals surface area contributed by atoms with Crippen molar-refractivity contribution in [1.82, 2.24) is 0 Å². The third kappa shape index (κ3) is 2.90. The zero-order chi connectivity index (χ0) is 13.3. The lowest BCUT2D eigenvalue weighted by molar-refractivity contribution is 0.589. The maximum Gasteiger partial charge on any atom is 0.0234 e. The molecule has 0 bridgehead atoms. The summed E-state index contributed by atoms with van der Waals surface area (Å²) in [6.07, 6.45) is 3.25. The minimum Gasteiger partial charge on any atom is -0.325 e. The molecule has 0 amide bonds. The summed E-state index contributed by atoms with van der Waals surface area (Å²) in [5.74, 6) is 0.532. The first-order valence-corrected chi connectivity index (χ1v) is 7.55. The van der Waals surface area contributed by atoms with Crippen molar-refractivity contribution in [3.63, 3.8) is 0 Å². The SMILES string of the molecule is N[C@]1(CCc2ccccc2)C[C@H]1c1ccc(Br)cc1. The Hall–Kier alpha value is -1.12. The molecule has 1 aliphatic rings. The summed E-state index contributed by atoms with van der Waals surface area (Å²) in [4.78, 5) is 0. The number of aryl methyl sites for hydroxylation is 1. The van der Waals surface area contributed by atoms with Gasteiger partial charge in [-0.1, -0.05) is 58.4 Å². The molecule has 98 valence electrons. The molecule has 2 aromatic rings. The predicted molar refractivity (Wildman–Crippen MR) is 83.2 cm³/mol. The molecule has 2 aromatic carbocycles. The van der Waals surface area contributed by atoms with Crippen LogP contribution in [0.25, 0.3) is 0 Å². The first-order chi connectivity index (χ1) is 9.17. The van der Waals surface area contributed by atoms with Gasteiger partial charge in [0.25, 0.3) is 0 Å². The molecule has 0 heterocycles. The molecule has 3 rings (SSSR count). The molecule has 0 aromatic heterocycles. The molecule has 0 saturated heterocycles. The summed E-state index contributed by atoms with van der Waals surface area (Å²) < 4.78 is 1.13. The van der Waals surface area contributed by atoms with E-state index in [1.807, 2.05) is 0 Å². The van der Waals surface area contributed by atoms with E-state index in [0.29, 0.717) is 5.92 Å². The van der Waals surface area contributed by atoms with Crippen LogP contribution in [-0.4, -0.2) is 5.54 Å². The number of hydrogen-bond acceptors (Lipinski definition) is 1. The Kier molecular flexibility index (Phi) is 3.46. The van der Waals surface area contributed by atoms with Crippen molar-refractivity contribution in [1.29, 1.82) is 0 Å². The molecule has 1 nitrogen and oxygen atoms in total. The molecule has 1 aliphatic carbocycles. The van der Waals surface area contributed by atoms with Gasteiger partial charge >= 0.3 is 0 Å². The van der Waals surface area contributed by atoms with E-state index in [4.69, 9.17) is 5.73 Å². The summed E-state index contributed by atoms with van der Waals surface area (Å²) in [6.45, 7) is 0. The molecule has 2 atom stereocenters. The van der Waals surface area contributed by atoms with Gasteiger partial charge in [0.1, 0.15) is 0 Å². The van der Waals surface area contributed by atoms with Crippen LogP contribution in [0, 0.1) is 0 Å². The Balaban J connectivity index is 1.62. The van der Waals surface area contributed by atoms with Gasteiger partial charge in [-0.05, 0) is 42.5 Å². The number of benzene rings is 2. The van der Waals surface area contributed by atoms with Crippen LogP contribution < -0.4 is 5.73 Å². The number of nitrogens with two attached hydrogens (primary N) is 1. The topological polar surface area (TPSA) is 26.0 Å². The molecule has 1 fully saturated rings. The summed E-state index contributed by atoms with van der Waals surface area (Å²) in [5, 5.41) is 0. The smallest absolute Gasteiger partial charge is 0.0234 e. The van der Waals surface area contributed by atoms with Gasteiger partial charge in [0, 0.05) is 15.9 Å². The Morgan fingerprint density at radius 1 is 1.05 bits per heavy atom. The Labute approximate surface area is 123 Å². The van der Waals surface area contributed by atoms with Crippen molar-refractivity contribution in [3.05, 3.63) is 70.2 Å². The maximum absolute atomic E-state index is 6.50. The first-order valence-electron chi connectivity index (χ1n) is 6.76. The molecule has 2 N–H and O–H groups in total. The second-order valence-corrected chi connectivity index (χ2v) is 6.44. The van der Waals surface area contributed by atoms with E-state index in [1.54, 1.807) is 0 Å². The van der Waals surface area contributed by atoms with Crippen LogP contribution in [0.3, 0.4) is 0 Å². The van der Waals surface area contributed by atoms with Crippen LogP contribution in [0.1, 0.15) is 29.9 Å². The molecule has 1 saturated carbocycles. The first kappa shape index (κ1) is 12.9. The fraction of sp³-hybridized carbons (Fsp3) is 0.294. The van der Waals surface area contributed by atoms with E-state index < -0.39 is 0 Å². The van der Waals surface area contributed by atoms with Crippen LogP contribution in [0.4, 0.5) is 0 Å². The van der Waals surface area contributed by atoms with E-state index in [9.17, 15) is 0 Å². The van der Waals surface area contributed by atoms with Gasteiger partial charge in [-0.3, -0.25) is 0 Å². The number of hydrogen-bond donors (Lipinski definition) is 1. The molecule has 0 unspecified atom stereocenters. The van der Waals surface area contributed by atoms with Crippen LogP contribution >= 0.6 is 15.9 Å². The molecule has 2 heteroatoms. The standard InChI is InChI=1S/C17H18BrN/c18-15-8-6-14(7-9-15)16-12-17(16,19)11-10-13-4-2-1-3-5-13/h1-9,16H,10-12,19H2/t16-,17+/m0/s1. The van der Waals surface area contributed by atoms with Gasteiger partial charge < -0.3 is 5.73 Å². The molecule has 0 radical (unpaired) electrons. The van der Waals surface area contributed by atoms with Crippen molar-refractivity contribution in [3.8, 4) is 0 Å². The van der Waals surface area contributed by atoms with Gasteiger partial charge in [-0.15, -0.1) is 0 Å². The second-order valence-electron chi connectivity index (χ2n) is 5.53. The van der Waals surface area contributed by atoms with Crippen molar-refractivity contribution in [2.45, 2.75) is 30.7 Å². The van der Waals surface area contributed by atoms with E-state index in [1.165, 1.54) is 11.1 Å². The Morgan fingerprint density at radius 3 is 2.42 bits per heavy atom. The minimum atomic E-state index is 0.00364. The lowest BCUT2D eigenvalue weighted by Crippen LogP contribution is -2.25. The fourth-order valence-electron chi connectivity index (χ4n) is 2.76. The van der Waals surface area contributed by atoms with Crippen molar-refractivity contribution in [2.24, 2.45) is 5.73 Å². The van der Waals surface area contributed by atoms with Gasteiger partial charge in [0.05, 0.1) is 0 Å². The van der Waals surface area contributed by atoms with E-state index in [2.05, 4.69) is 70.5 Å². The van der Waals surface area contributed by atoms with Gasteiger partial charge in [0.2, 0.25) is 0 Å². The van der Waals surface area contributed by atoms with Gasteiger partial charge in [0.15, 0.2) is 0 Å². The lowest BCUT2D eigenvalue weighted by atomic mass is 10.00. The molecule has 0 aliphatic heterocycles. The van der Waals surface area contributed by atoms with Gasteiger partial charge in [-0.2, -0.15) is 0 Å². The van der Waals surface area contributed by atoms with Crippen LogP contribution in [0.5, 0.6) is 0 Å². The van der Waals surface area contributed by atoms with Crippen LogP contribution in [-0.2, 0) is 6.42 Å². The summed E-state index contributed by atoms with van der Waals surface area (Å²) in [7, 11) is 0. The highest BCUT2D eigenvalue weighted by Gasteiger charge is 2.50. The average Bonchev–Trinajstić information content (AvgIpc) is 3.11. The third-order valence-electron chi connectivity index (χ3n) is 4.11. The van der Waals surface area contributed by atoms with Crippen LogP contribution in [0.15, 0.2) is 59.1 Å². The zero-order valence-corrected chi connectivity index (χ0v) is 12.4.